The highest BCUT2D eigenvalue weighted by molar-refractivity contribution is 5.94. The van der Waals surface area contributed by atoms with Crippen molar-refractivity contribution in [2.75, 3.05) is 6.54 Å². The van der Waals surface area contributed by atoms with Crippen molar-refractivity contribution in [3.63, 3.8) is 0 Å². The van der Waals surface area contributed by atoms with E-state index < -0.39 is 17.5 Å². The molecule has 0 atom stereocenters. The molecule has 0 saturated carbocycles. The van der Waals surface area contributed by atoms with Crippen LogP contribution < -0.4 is 4.74 Å². The summed E-state index contributed by atoms with van der Waals surface area (Å²) in [6, 6.07) is 13.7. The summed E-state index contributed by atoms with van der Waals surface area (Å²) in [6.45, 7) is 1.22. The van der Waals surface area contributed by atoms with Gasteiger partial charge in [0.15, 0.2) is 0 Å². The first-order chi connectivity index (χ1) is 14.0. The van der Waals surface area contributed by atoms with Crippen molar-refractivity contribution < 1.29 is 18.3 Å². The van der Waals surface area contributed by atoms with E-state index in [1.807, 2.05) is 6.07 Å². The van der Waals surface area contributed by atoms with Crippen molar-refractivity contribution in [3.8, 4) is 11.9 Å². The standard InChI is InChI=1S/C21H16F2N4O2/c22-16-4-5-19(23)18(9-16)21(28)26-6-7-27-17(12-26)10-20(25-27)29-13-15-3-1-2-14(8-15)11-24/h1-5,8-10H,6-7,12-13H2. The second-order valence-corrected chi connectivity index (χ2v) is 6.65. The second kappa shape index (κ2) is 7.72. The van der Waals surface area contributed by atoms with Crippen molar-refractivity contribution in [3.05, 3.63) is 82.5 Å². The zero-order valence-corrected chi connectivity index (χ0v) is 15.3. The number of carbonyl (C=O) groups excluding carboxylic acids is 1. The number of hydrogen-bond acceptors (Lipinski definition) is 4. The van der Waals surface area contributed by atoms with Gasteiger partial charge in [0.2, 0.25) is 5.88 Å². The van der Waals surface area contributed by atoms with Crippen LogP contribution in [0.2, 0.25) is 0 Å². The zero-order chi connectivity index (χ0) is 20.4. The fraction of sp³-hybridized carbons (Fsp3) is 0.190. The highest BCUT2D eigenvalue weighted by Gasteiger charge is 2.25. The number of nitrogens with zero attached hydrogens (tertiary/aromatic N) is 4. The van der Waals surface area contributed by atoms with Gasteiger partial charge < -0.3 is 9.64 Å². The van der Waals surface area contributed by atoms with Crippen molar-refractivity contribution in [1.82, 2.24) is 14.7 Å². The number of carbonyl (C=O) groups is 1. The van der Waals surface area contributed by atoms with Gasteiger partial charge in [-0.2, -0.15) is 5.26 Å². The first-order valence-electron chi connectivity index (χ1n) is 8.96. The number of fused-ring (bicyclic) bond motifs is 1. The van der Waals surface area contributed by atoms with Gasteiger partial charge in [-0.1, -0.05) is 12.1 Å². The van der Waals surface area contributed by atoms with E-state index in [4.69, 9.17) is 10.00 Å². The van der Waals surface area contributed by atoms with Gasteiger partial charge in [0.25, 0.3) is 5.91 Å². The summed E-state index contributed by atoms with van der Waals surface area (Å²) >= 11 is 0. The van der Waals surface area contributed by atoms with Crippen molar-refractivity contribution in [2.45, 2.75) is 19.7 Å². The Morgan fingerprint density at radius 1 is 1.17 bits per heavy atom. The molecular formula is C21H16F2N4O2. The van der Waals surface area contributed by atoms with E-state index in [2.05, 4.69) is 11.2 Å². The molecule has 29 heavy (non-hydrogen) atoms. The van der Waals surface area contributed by atoms with Crippen molar-refractivity contribution in [1.29, 1.82) is 5.26 Å². The van der Waals surface area contributed by atoms with Crippen LogP contribution in [0.4, 0.5) is 8.78 Å². The lowest BCUT2D eigenvalue weighted by atomic mass is 10.1. The van der Waals surface area contributed by atoms with Gasteiger partial charge in [-0.25, -0.2) is 8.78 Å². The maximum atomic E-state index is 13.9. The van der Waals surface area contributed by atoms with Gasteiger partial charge in [-0.3, -0.25) is 9.48 Å². The SMILES string of the molecule is N#Cc1cccc(COc2cc3n(n2)CCN(C(=O)c2cc(F)ccc2F)C3)c1. The zero-order valence-electron chi connectivity index (χ0n) is 15.3. The van der Waals surface area contributed by atoms with Crippen LogP contribution in [0.15, 0.2) is 48.5 Å². The molecule has 0 radical (unpaired) electrons. The maximum Gasteiger partial charge on any atom is 0.257 e. The number of ether oxygens (including phenoxy) is 1. The summed E-state index contributed by atoms with van der Waals surface area (Å²) in [5.41, 5.74) is 1.84. The quantitative estimate of drug-likeness (QED) is 0.681. The fourth-order valence-corrected chi connectivity index (χ4v) is 3.20. The van der Waals surface area contributed by atoms with Crippen LogP contribution in [0.1, 0.15) is 27.2 Å². The molecule has 0 N–H and O–H groups in total. The molecule has 3 aromatic rings. The Morgan fingerprint density at radius 3 is 2.86 bits per heavy atom. The lowest BCUT2D eigenvalue weighted by Gasteiger charge is -2.27. The molecule has 8 heteroatoms. The number of rotatable bonds is 4. The molecule has 0 aliphatic carbocycles. The Kier molecular flexibility index (Phi) is 4.96. The smallest absolute Gasteiger partial charge is 0.257 e. The molecule has 146 valence electrons. The first kappa shape index (κ1) is 18.6. The second-order valence-electron chi connectivity index (χ2n) is 6.65. The highest BCUT2D eigenvalue weighted by atomic mass is 19.1. The summed E-state index contributed by atoms with van der Waals surface area (Å²) in [4.78, 5) is 14.0. The number of halogens is 2. The number of nitriles is 1. The van der Waals surface area contributed by atoms with E-state index in [9.17, 15) is 13.6 Å². The lowest BCUT2D eigenvalue weighted by Crippen LogP contribution is -2.38. The van der Waals surface area contributed by atoms with E-state index in [1.54, 1.807) is 28.9 Å². The highest BCUT2D eigenvalue weighted by Crippen LogP contribution is 2.21. The molecule has 1 aliphatic heterocycles. The van der Waals surface area contributed by atoms with Crippen LogP contribution in [0.3, 0.4) is 0 Å². The normalized spacial score (nSPS) is 12.9. The van der Waals surface area contributed by atoms with E-state index >= 15 is 0 Å². The van der Waals surface area contributed by atoms with Gasteiger partial charge >= 0.3 is 0 Å². The van der Waals surface area contributed by atoms with Crippen molar-refractivity contribution >= 4 is 5.91 Å². The molecule has 0 bridgehead atoms. The van der Waals surface area contributed by atoms with Crippen LogP contribution >= 0.6 is 0 Å². The molecule has 0 fully saturated rings. The Bertz CT molecular complexity index is 1120. The van der Waals surface area contributed by atoms with E-state index in [1.165, 1.54) is 4.90 Å². The molecule has 0 unspecified atom stereocenters. The monoisotopic (exact) mass is 394 g/mol. The third kappa shape index (κ3) is 3.94. The minimum absolute atomic E-state index is 0.217. The maximum absolute atomic E-state index is 13.9. The molecule has 6 nitrogen and oxygen atoms in total. The average molecular weight is 394 g/mol. The third-order valence-electron chi connectivity index (χ3n) is 4.66. The van der Waals surface area contributed by atoms with E-state index in [0.717, 1.165) is 29.5 Å². The largest absolute Gasteiger partial charge is 0.472 e. The number of hydrogen-bond donors (Lipinski definition) is 0. The minimum atomic E-state index is -0.751. The summed E-state index contributed by atoms with van der Waals surface area (Å²) in [5.74, 6) is -1.58. The molecule has 1 aromatic heterocycles. The molecule has 4 rings (SSSR count). The van der Waals surface area contributed by atoms with E-state index in [0.29, 0.717) is 24.5 Å². The Hall–Kier alpha value is -3.73. The predicted molar refractivity (Wildman–Crippen MR) is 98.8 cm³/mol. The van der Waals surface area contributed by atoms with Crippen LogP contribution in [0.25, 0.3) is 0 Å². The van der Waals surface area contributed by atoms with Gasteiger partial charge in [-0.05, 0) is 35.9 Å². The number of aromatic nitrogens is 2. The van der Waals surface area contributed by atoms with Crippen LogP contribution in [0.5, 0.6) is 5.88 Å². The van der Waals surface area contributed by atoms with Gasteiger partial charge in [0, 0.05) is 12.6 Å². The molecule has 2 aromatic carbocycles. The summed E-state index contributed by atoms with van der Waals surface area (Å²) < 4.78 is 34.8. The summed E-state index contributed by atoms with van der Waals surface area (Å²) in [6.07, 6.45) is 0. The number of amides is 1. The summed E-state index contributed by atoms with van der Waals surface area (Å²) in [7, 11) is 0. The molecule has 2 heterocycles. The van der Waals surface area contributed by atoms with Gasteiger partial charge in [-0.15, -0.1) is 5.10 Å². The minimum Gasteiger partial charge on any atom is -0.472 e. The Labute approximate surface area is 165 Å². The van der Waals surface area contributed by atoms with Gasteiger partial charge in [0.1, 0.15) is 18.2 Å². The average Bonchev–Trinajstić information content (AvgIpc) is 3.15. The van der Waals surface area contributed by atoms with Crippen molar-refractivity contribution in [2.24, 2.45) is 0 Å². The van der Waals surface area contributed by atoms with Crippen LogP contribution in [-0.2, 0) is 19.7 Å². The van der Waals surface area contributed by atoms with E-state index in [-0.39, 0.29) is 18.7 Å². The molecule has 0 spiro atoms. The Morgan fingerprint density at radius 2 is 2.03 bits per heavy atom. The molecular weight excluding hydrogens is 378 g/mol. The molecule has 1 aliphatic rings. The Balaban J connectivity index is 1.45. The van der Waals surface area contributed by atoms with Crippen LogP contribution in [0, 0.1) is 23.0 Å². The third-order valence-corrected chi connectivity index (χ3v) is 4.66. The fourth-order valence-electron chi connectivity index (χ4n) is 3.20. The topological polar surface area (TPSA) is 71.2 Å². The number of benzene rings is 2. The summed E-state index contributed by atoms with van der Waals surface area (Å²) in [5, 5.41) is 13.3. The lowest BCUT2D eigenvalue weighted by molar-refractivity contribution is 0.0700. The van der Waals surface area contributed by atoms with Crippen LogP contribution in [-0.4, -0.2) is 27.1 Å². The first-order valence-corrected chi connectivity index (χ1v) is 8.96. The molecule has 1 amide bonds. The molecule has 0 saturated heterocycles. The predicted octanol–water partition coefficient (Wildman–Crippen LogP) is 3.27. The van der Waals surface area contributed by atoms with Gasteiger partial charge in [0.05, 0.1) is 36.0 Å².